The van der Waals surface area contributed by atoms with Crippen molar-refractivity contribution in [1.29, 1.82) is 0 Å². The average molecular weight is 333 g/mol. The van der Waals surface area contributed by atoms with Crippen molar-refractivity contribution in [2.24, 2.45) is 13.0 Å². The Morgan fingerprint density at radius 1 is 1.29 bits per heavy atom. The zero-order valence-corrected chi connectivity index (χ0v) is 14.6. The smallest absolute Gasteiger partial charge is 0.242 e. The predicted octanol–water partition coefficient (Wildman–Crippen LogP) is 1.40. The van der Waals surface area contributed by atoms with E-state index in [1.807, 2.05) is 34.8 Å². The summed E-state index contributed by atoms with van der Waals surface area (Å²) in [6.45, 7) is 1.73. The number of hydrogen-bond acceptors (Lipinski definition) is 3. The van der Waals surface area contributed by atoms with Crippen LogP contribution in [0.5, 0.6) is 0 Å². The van der Waals surface area contributed by atoms with Gasteiger partial charge in [-0.1, -0.05) is 0 Å². The molecule has 24 heavy (non-hydrogen) atoms. The van der Waals surface area contributed by atoms with Crippen LogP contribution in [-0.2, 0) is 27.9 Å². The molecule has 0 bridgehead atoms. The van der Waals surface area contributed by atoms with Gasteiger partial charge in [-0.3, -0.25) is 9.59 Å². The minimum atomic E-state index is 0.0452. The zero-order valence-electron chi connectivity index (χ0n) is 14.6. The van der Waals surface area contributed by atoms with Crippen molar-refractivity contribution in [1.82, 2.24) is 14.4 Å². The number of ether oxygens (including phenoxy) is 1. The highest BCUT2D eigenvalue weighted by Gasteiger charge is 2.37. The third-order valence-corrected chi connectivity index (χ3v) is 4.82. The van der Waals surface area contributed by atoms with E-state index < -0.39 is 0 Å². The van der Waals surface area contributed by atoms with Crippen LogP contribution in [0.4, 0.5) is 0 Å². The molecular formula is C18H27N3O3. The average Bonchev–Trinajstić information content (AvgIpc) is 3.47. The molecule has 0 saturated heterocycles. The highest BCUT2D eigenvalue weighted by atomic mass is 16.5. The topological polar surface area (TPSA) is 54.8 Å². The van der Waals surface area contributed by atoms with Crippen molar-refractivity contribution in [2.45, 2.75) is 38.3 Å². The van der Waals surface area contributed by atoms with E-state index in [1.54, 1.807) is 12.0 Å². The SMILES string of the molecule is COCCN(CC(=O)N(Cc1cccn1C)C1CC1)C(=O)C1CC1. The molecule has 1 heterocycles. The van der Waals surface area contributed by atoms with E-state index in [1.165, 1.54) is 0 Å². The second-order valence-electron chi connectivity index (χ2n) is 6.89. The summed E-state index contributed by atoms with van der Waals surface area (Å²) in [6.07, 6.45) is 6.01. The van der Waals surface area contributed by atoms with Crippen molar-refractivity contribution in [3.8, 4) is 0 Å². The van der Waals surface area contributed by atoms with Crippen LogP contribution >= 0.6 is 0 Å². The molecule has 0 radical (unpaired) electrons. The number of carbonyl (C=O) groups excluding carboxylic acids is 2. The molecule has 0 spiro atoms. The molecule has 0 aliphatic heterocycles. The fourth-order valence-corrected chi connectivity index (χ4v) is 2.95. The first-order chi connectivity index (χ1) is 11.6. The molecule has 2 fully saturated rings. The predicted molar refractivity (Wildman–Crippen MR) is 90.2 cm³/mol. The molecule has 6 heteroatoms. The van der Waals surface area contributed by atoms with Gasteiger partial charge in [-0.25, -0.2) is 0 Å². The summed E-state index contributed by atoms with van der Waals surface area (Å²) in [4.78, 5) is 28.9. The lowest BCUT2D eigenvalue weighted by Gasteiger charge is -2.28. The molecule has 6 nitrogen and oxygen atoms in total. The molecule has 2 amide bonds. The van der Waals surface area contributed by atoms with Crippen LogP contribution < -0.4 is 0 Å². The number of rotatable bonds is 9. The summed E-state index contributed by atoms with van der Waals surface area (Å²) in [5.41, 5.74) is 1.12. The number of methoxy groups -OCH3 is 1. The molecule has 2 aliphatic carbocycles. The Kier molecular flexibility index (Phi) is 5.23. The third-order valence-electron chi connectivity index (χ3n) is 4.82. The molecule has 0 N–H and O–H groups in total. The number of nitrogens with zero attached hydrogens (tertiary/aromatic N) is 3. The van der Waals surface area contributed by atoms with Gasteiger partial charge in [0.25, 0.3) is 0 Å². The van der Waals surface area contributed by atoms with E-state index in [9.17, 15) is 9.59 Å². The van der Waals surface area contributed by atoms with Gasteiger partial charge in [-0.05, 0) is 37.8 Å². The molecule has 0 unspecified atom stereocenters. The normalized spacial score (nSPS) is 16.9. The number of aromatic nitrogens is 1. The summed E-state index contributed by atoms with van der Waals surface area (Å²) in [5, 5.41) is 0. The maximum Gasteiger partial charge on any atom is 0.242 e. The van der Waals surface area contributed by atoms with Crippen LogP contribution in [0.2, 0.25) is 0 Å². The molecule has 1 aromatic rings. The highest BCUT2D eigenvalue weighted by molar-refractivity contribution is 5.87. The first-order valence-electron chi connectivity index (χ1n) is 8.77. The fourth-order valence-electron chi connectivity index (χ4n) is 2.95. The van der Waals surface area contributed by atoms with Gasteiger partial charge in [0.1, 0.15) is 0 Å². The van der Waals surface area contributed by atoms with Crippen molar-refractivity contribution in [3.05, 3.63) is 24.0 Å². The van der Waals surface area contributed by atoms with E-state index in [0.29, 0.717) is 25.7 Å². The summed E-state index contributed by atoms with van der Waals surface area (Å²) in [6, 6.07) is 4.36. The lowest BCUT2D eigenvalue weighted by Crippen LogP contribution is -2.45. The van der Waals surface area contributed by atoms with Crippen molar-refractivity contribution >= 4 is 11.8 Å². The lowest BCUT2D eigenvalue weighted by atomic mass is 10.3. The van der Waals surface area contributed by atoms with E-state index in [0.717, 1.165) is 31.4 Å². The molecule has 0 atom stereocenters. The van der Waals surface area contributed by atoms with Crippen LogP contribution in [0.3, 0.4) is 0 Å². The van der Waals surface area contributed by atoms with Gasteiger partial charge in [0, 0.05) is 44.6 Å². The van der Waals surface area contributed by atoms with Crippen LogP contribution in [0, 0.1) is 5.92 Å². The maximum absolute atomic E-state index is 12.9. The summed E-state index contributed by atoms with van der Waals surface area (Å²) in [7, 11) is 3.61. The first-order valence-corrected chi connectivity index (χ1v) is 8.77. The number of carbonyl (C=O) groups is 2. The lowest BCUT2D eigenvalue weighted by molar-refractivity contribution is -0.142. The fraction of sp³-hybridized carbons (Fsp3) is 0.667. The van der Waals surface area contributed by atoms with Gasteiger partial charge in [0.05, 0.1) is 19.7 Å². The number of hydrogen-bond donors (Lipinski definition) is 0. The Labute approximate surface area is 143 Å². The van der Waals surface area contributed by atoms with Crippen molar-refractivity contribution in [2.75, 3.05) is 26.8 Å². The standard InChI is InChI=1S/C18H27N3O3/c1-19-9-3-4-16(19)12-21(15-7-8-15)17(22)13-20(10-11-24-2)18(23)14-5-6-14/h3-4,9,14-15H,5-8,10-13H2,1-2H3. The van der Waals surface area contributed by atoms with E-state index in [-0.39, 0.29) is 24.3 Å². The van der Waals surface area contributed by atoms with Gasteiger partial charge >= 0.3 is 0 Å². The zero-order chi connectivity index (χ0) is 17.1. The van der Waals surface area contributed by atoms with Crippen molar-refractivity contribution in [3.63, 3.8) is 0 Å². The van der Waals surface area contributed by atoms with Gasteiger partial charge in [-0.2, -0.15) is 0 Å². The largest absolute Gasteiger partial charge is 0.383 e. The van der Waals surface area contributed by atoms with Crippen LogP contribution in [0.25, 0.3) is 0 Å². The maximum atomic E-state index is 12.9. The quantitative estimate of drug-likeness (QED) is 0.686. The second-order valence-corrected chi connectivity index (χ2v) is 6.89. The first kappa shape index (κ1) is 17.0. The Bertz CT molecular complexity index is 590. The monoisotopic (exact) mass is 333 g/mol. The molecule has 1 aromatic heterocycles. The Morgan fingerprint density at radius 3 is 2.58 bits per heavy atom. The summed E-state index contributed by atoms with van der Waals surface area (Å²) < 4.78 is 7.15. The van der Waals surface area contributed by atoms with E-state index in [4.69, 9.17) is 4.74 Å². The van der Waals surface area contributed by atoms with Crippen LogP contribution in [-0.4, -0.2) is 59.0 Å². The van der Waals surface area contributed by atoms with Gasteiger partial charge in [0.15, 0.2) is 0 Å². The number of amides is 2. The summed E-state index contributed by atoms with van der Waals surface area (Å²) >= 11 is 0. The second kappa shape index (κ2) is 7.38. The minimum absolute atomic E-state index is 0.0452. The number of aryl methyl sites for hydroxylation is 1. The molecular weight excluding hydrogens is 306 g/mol. The van der Waals surface area contributed by atoms with Crippen LogP contribution in [0.1, 0.15) is 31.4 Å². The van der Waals surface area contributed by atoms with Crippen molar-refractivity contribution < 1.29 is 14.3 Å². The van der Waals surface area contributed by atoms with E-state index in [2.05, 4.69) is 0 Å². The van der Waals surface area contributed by atoms with E-state index >= 15 is 0 Å². The highest BCUT2D eigenvalue weighted by Crippen LogP contribution is 2.32. The third kappa shape index (κ3) is 4.17. The molecule has 132 valence electrons. The minimum Gasteiger partial charge on any atom is -0.383 e. The van der Waals surface area contributed by atoms with Gasteiger partial charge < -0.3 is 19.1 Å². The Hall–Kier alpha value is -1.82. The van der Waals surface area contributed by atoms with Gasteiger partial charge in [0.2, 0.25) is 11.8 Å². The van der Waals surface area contributed by atoms with Crippen LogP contribution in [0.15, 0.2) is 18.3 Å². The molecule has 3 rings (SSSR count). The molecule has 2 aliphatic rings. The van der Waals surface area contributed by atoms with Gasteiger partial charge in [-0.15, -0.1) is 0 Å². The Balaban J connectivity index is 1.64. The molecule has 2 saturated carbocycles. The Morgan fingerprint density at radius 2 is 2.04 bits per heavy atom. The molecule has 0 aromatic carbocycles. The summed E-state index contributed by atoms with van der Waals surface area (Å²) in [5.74, 6) is 0.274.